The van der Waals surface area contributed by atoms with Crippen molar-refractivity contribution in [2.24, 2.45) is 0 Å². The van der Waals surface area contributed by atoms with Gasteiger partial charge < -0.3 is 14.6 Å². The number of carbonyl (C=O) groups excluding carboxylic acids is 1. The first-order chi connectivity index (χ1) is 7.19. The average Bonchev–Trinajstić information content (AvgIpc) is 2.28. The molecule has 1 heterocycles. The fraction of sp³-hybridized carbons (Fsp3) is 0.400. The normalized spacial score (nSPS) is 11.9. The minimum absolute atomic E-state index is 0.135. The Balaban J connectivity index is 2.80. The molecule has 0 aliphatic rings. The number of aliphatic hydroxyl groups excluding tert-OH is 1. The molecule has 82 valence electrons. The molecule has 0 fully saturated rings. The second-order valence-electron chi connectivity index (χ2n) is 2.89. The summed E-state index contributed by atoms with van der Waals surface area (Å²) < 4.78 is 9.46. The zero-order chi connectivity index (χ0) is 11.3. The molecule has 0 bridgehead atoms. The first kappa shape index (κ1) is 11.5. The maximum absolute atomic E-state index is 10.9. The molecule has 1 aromatic heterocycles. The highest BCUT2D eigenvalue weighted by Crippen LogP contribution is 2.24. The summed E-state index contributed by atoms with van der Waals surface area (Å²) in [5, 5.41) is 9.69. The second kappa shape index (κ2) is 5.31. The highest BCUT2D eigenvalue weighted by Gasteiger charge is 2.18. The van der Waals surface area contributed by atoms with E-state index >= 15 is 0 Å². The van der Waals surface area contributed by atoms with Crippen LogP contribution >= 0.6 is 0 Å². The molecule has 1 atom stereocenters. The van der Waals surface area contributed by atoms with E-state index in [1.54, 1.807) is 12.1 Å². The van der Waals surface area contributed by atoms with Crippen LogP contribution < -0.4 is 4.74 Å². The van der Waals surface area contributed by atoms with Gasteiger partial charge in [0.25, 0.3) is 0 Å². The first-order valence-electron chi connectivity index (χ1n) is 4.42. The topological polar surface area (TPSA) is 68.7 Å². The molecule has 1 N–H and O–H groups in total. The highest BCUT2D eigenvalue weighted by atomic mass is 16.5. The molecule has 0 spiro atoms. The molecule has 0 amide bonds. The smallest absolute Gasteiger partial charge is 0.308 e. The van der Waals surface area contributed by atoms with Crippen LogP contribution in [0.3, 0.4) is 0 Å². The lowest BCUT2D eigenvalue weighted by molar-refractivity contribution is -0.142. The van der Waals surface area contributed by atoms with Crippen molar-refractivity contribution in [3.8, 4) is 5.75 Å². The molecule has 0 saturated heterocycles. The molecule has 0 saturated carbocycles. The fourth-order valence-electron chi connectivity index (χ4n) is 1.16. The third-order valence-corrected chi connectivity index (χ3v) is 1.92. The molecule has 0 aliphatic carbocycles. The van der Waals surface area contributed by atoms with Gasteiger partial charge >= 0.3 is 5.97 Å². The summed E-state index contributed by atoms with van der Waals surface area (Å²) in [5.41, 5.74) is 0.338. The Bertz CT molecular complexity index is 340. The van der Waals surface area contributed by atoms with E-state index in [1.807, 2.05) is 0 Å². The maximum atomic E-state index is 10.9. The van der Waals surface area contributed by atoms with Crippen LogP contribution in [0.15, 0.2) is 18.3 Å². The van der Waals surface area contributed by atoms with Crippen molar-refractivity contribution in [3.63, 3.8) is 0 Å². The van der Waals surface area contributed by atoms with Crippen molar-refractivity contribution >= 4 is 5.97 Å². The minimum atomic E-state index is -1.01. The molecule has 1 unspecified atom stereocenters. The van der Waals surface area contributed by atoms with Gasteiger partial charge in [-0.2, -0.15) is 0 Å². The highest BCUT2D eigenvalue weighted by molar-refractivity contribution is 5.70. The number of methoxy groups -OCH3 is 2. The maximum Gasteiger partial charge on any atom is 0.308 e. The van der Waals surface area contributed by atoms with Crippen molar-refractivity contribution in [1.82, 2.24) is 4.98 Å². The molecule has 0 radical (unpaired) electrons. The van der Waals surface area contributed by atoms with E-state index in [0.717, 1.165) is 0 Å². The monoisotopic (exact) mass is 211 g/mol. The van der Waals surface area contributed by atoms with Crippen molar-refractivity contribution in [3.05, 3.63) is 24.0 Å². The van der Waals surface area contributed by atoms with Crippen molar-refractivity contribution in [1.29, 1.82) is 0 Å². The molecular formula is C10H13NO4. The van der Waals surface area contributed by atoms with Gasteiger partial charge in [0.05, 0.1) is 20.6 Å². The summed E-state index contributed by atoms with van der Waals surface area (Å²) in [6.45, 7) is 0. The Hall–Kier alpha value is -1.62. The molecule has 5 heteroatoms. The molecule has 1 rings (SSSR count). The summed E-state index contributed by atoms with van der Waals surface area (Å²) in [7, 11) is 2.75. The van der Waals surface area contributed by atoms with Gasteiger partial charge in [0.2, 0.25) is 0 Å². The molecule has 15 heavy (non-hydrogen) atoms. The molecule has 0 aliphatic heterocycles. The number of nitrogens with zero attached hydrogens (tertiary/aromatic N) is 1. The molecule has 0 aromatic carbocycles. The Kier molecular flexibility index (Phi) is 4.05. The average molecular weight is 211 g/mol. The van der Waals surface area contributed by atoms with Gasteiger partial charge in [-0.25, -0.2) is 0 Å². The van der Waals surface area contributed by atoms with Crippen LogP contribution in [0.5, 0.6) is 5.75 Å². The van der Waals surface area contributed by atoms with Crippen molar-refractivity contribution in [2.45, 2.75) is 12.5 Å². The number of aliphatic hydroxyl groups is 1. The first-order valence-corrected chi connectivity index (χ1v) is 4.42. The van der Waals surface area contributed by atoms with Crippen LogP contribution in [-0.2, 0) is 9.53 Å². The standard InChI is InChI=1S/C10H13NO4/c1-14-8-4-3-5-11-10(8)7(12)6-9(13)15-2/h3-5,7,12H,6H2,1-2H3. The number of pyridine rings is 1. The summed E-state index contributed by atoms with van der Waals surface area (Å²) in [4.78, 5) is 14.9. The van der Waals surface area contributed by atoms with Gasteiger partial charge in [0, 0.05) is 6.20 Å². The number of aromatic nitrogens is 1. The van der Waals surface area contributed by atoms with E-state index in [2.05, 4.69) is 9.72 Å². The molecular weight excluding hydrogens is 198 g/mol. The number of carbonyl (C=O) groups is 1. The van der Waals surface area contributed by atoms with Crippen LogP contribution in [0.4, 0.5) is 0 Å². The van der Waals surface area contributed by atoms with Gasteiger partial charge in [-0.15, -0.1) is 0 Å². The molecule has 5 nitrogen and oxygen atoms in total. The summed E-state index contributed by atoms with van der Waals surface area (Å²) in [6.07, 6.45) is 0.385. The van der Waals surface area contributed by atoms with Crippen LogP contribution in [-0.4, -0.2) is 30.3 Å². The predicted octanol–water partition coefficient (Wildman–Crippen LogP) is 0.687. The zero-order valence-corrected chi connectivity index (χ0v) is 8.64. The lowest BCUT2D eigenvalue weighted by atomic mass is 10.1. The van der Waals surface area contributed by atoms with Crippen LogP contribution in [0.25, 0.3) is 0 Å². The number of rotatable bonds is 4. The van der Waals surface area contributed by atoms with E-state index in [0.29, 0.717) is 11.4 Å². The van der Waals surface area contributed by atoms with E-state index in [4.69, 9.17) is 4.74 Å². The van der Waals surface area contributed by atoms with Gasteiger partial charge in [0.15, 0.2) is 0 Å². The Morgan fingerprint density at radius 1 is 1.60 bits per heavy atom. The van der Waals surface area contributed by atoms with Gasteiger partial charge in [-0.1, -0.05) is 0 Å². The van der Waals surface area contributed by atoms with E-state index in [-0.39, 0.29) is 6.42 Å². The van der Waals surface area contributed by atoms with Gasteiger partial charge in [-0.3, -0.25) is 9.78 Å². The van der Waals surface area contributed by atoms with Crippen LogP contribution in [0.1, 0.15) is 18.2 Å². The second-order valence-corrected chi connectivity index (χ2v) is 2.89. The number of hydrogen-bond acceptors (Lipinski definition) is 5. The Labute approximate surface area is 87.7 Å². The van der Waals surface area contributed by atoms with Crippen molar-refractivity contribution in [2.75, 3.05) is 14.2 Å². The Morgan fingerprint density at radius 2 is 2.33 bits per heavy atom. The van der Waals surface area contributed by atoms with Crippen LogP contribution in [0.2, 0.25) is 0 Å². The fourth-order valence-corrected chi connectivity index (χ4v) is 1.16. The third-order valence-electron chi connectivity index (χ3n) is 1.92. The van der Waals surface area contributed by atoms with E-state index < -0.39 is 12.1 Å². The quantitative estimate of drug-likeness (QED) is 0.742. The van der Waals surface area contributed by atoms with E-state index in [1.165, 1.54) is 20.4 Å². The van der Waals surface area contributed by atoms with Crippen molar-refractivity contribution < 1.29 is 19.4 Å². The molecule has 1 aromatic rings. The largest absolute Gasteiger partial charge is 0.495 e. The number of hydrogen-bond donors (Lipinski definition) is 1. The summed E-state index contributed by atoms with van der Waals surface area (Å²) in [6, 6.07) is 3.36. The minimum Gasteiger partial charge on any atom is -0.495 e. The zero-order valence-electron chi connectivity index (χ0n) is 8.64. The Morgan fingerprint density at radius 3 is 2.93 bits per heavy atom. The lowest BCUT2D eigenvalue weighted by Gasteiger charge is -2.11. The van der Waals surface area contributed by atoms with Gasteiger partial charge in [0.1, 0.15) is 17.5 Å². The van der Waals surface area contributed by atoms with E-state index in [9.17, 15) is 9.90 Å². The summed E-state index contributed by atoms with van der Waals surface area (Å²) >= 11 is 0. The third kappa shape index (κ3) is 2.92. The number of esters is 1. The number of ether oxygens (including phenoxy) is 2. The predicted molar refractivity (Wildman–Crippen MR) is 52.4 cm³/mol. The van der Waals surface area contributed by atoms with Gasteiger partial charge in [-0.05, 0) is 12.1 Å². The SMILES string of the molecule is COC(=O)CC(O)c1ncccc1OC. The summed E-state index contributed by atoms with van der Waals surface area (Å²) in [5.74, 6) is -0.0379. The van der Waals surface area contributed by atoms with Crippen LogP contribution in [0, 0.1) is 0 Å². The lowest BCUT2D eigenvalue weighted by Crippen LogP contribution is -2.10.